The highest BCUT2D eigenvalue weighted by Crippen LogP contribution is 2.62. The predicted molar refractivity (Wildman–Crippen MR) is 111 cm³/mol. The molecule has 2 heteroatoms. The van der Waals surface area contributed by atoms with E-state index < -0.39 is 0 Å². The lowest BCUT2D eigenvalue weighted by atomic mass is 9.64. The van der Waals surface area contributed by atoms with Gasteiger partial charge in [0.05, 0.1) is 0 Å². The number of phenolic OH excluding ortho intramolecular Hbond substituents is 2. The first-order chi connectivity index (χ1) is 12.9. The molecule has 5 atom stereocenters. The van der Waals surface area contributed by atoms with Crippen LogP contribution >= 0.6 is 0 Å². The van der Waals surface area contributed by atoms with Crippen molar-refractivity contribution in [2.45, 2.75) is 96.3 Å². The topological polar surface area (TPSA) is 40.5 Å². The number of phenols is 2. The molecule has 150 valence electrons. The van der Waals surface area contributed by atoms with Gasteiger partial charge in [-0.05, 0) is 91.2 Å². The Kier molecular flexibility index (Phi) is 5.20. The molecule has 2 nitrogen and oxygen atoms in total. The molecule has 5 unspecified atom stereocenters. The molecule has 3 bridgehead atoms. The van der Waals surface area contributed by atoms with E-state index in [1.54, 1.807) is 0 Å². The van der Waals surface area contributed by atoms with Crippen LogP contribution in [0.1, 0.15) is 102 Å². The van der Waals surface area contributed by atoms with Crippen LogP contribution in [0.5, 0.6) is 11.5 Å². The largest absolute Gasteiger partial charge is 0.508 e. The summed E-state index contributed by atoms with van der Waals surface area (Å²) in [4.78, 5) is 0. The second kappa shape index (κ2) is 7.33. The van der Waals surface area contributed by atoms with Gasteiger partial charge < -0.3 is 10.2 Å². The molecule has 3 fully saturated rings. The van der Waals surface area contributed by atoms with Crippen LogP contribution in [0.25, 0.3) is 0 Å². The summed E-state index contributed by atoms with van der Waals surface area (Å²) in [6.07, 6.45) is 12.7. The standard InChI is InChI=1S/C25H38O2/c1-4-5-6-7-10-25(2,3)20-14-21(26)24(22(27)15-20)23-17-9-8-16-11-19(23)13-18(16)12-17/h14-19,23,26-27H,4-13H2,1-3H3. The molecule has 0 spiro atoms. The average Bonchev–Trinajstić information content (AvgIpc) is 2.90. The van der Waals surface area contributed by atoms with Crippen molar-refractivity contribution in [2.75, 3.05) is 0 Å². The molecule has 27 heavy (non-hydrogen) atoms. The lowest BCUT2D eigenvalue weighted by Crippen LogP contribution is -2.29. The number of aromatic hydroxyl groups is 2. The summed E-state index contributed by atoms with van der Waals surface area (Å²) in [5.41, 5.74) is 1.95. The molecule has 4 rings (SSSR count). The first-order valence-electron chi connectivity index (χ1n) is 11.5. The zero-order valence-electron chi connectivity index (χ0n) is 17.5. The van der Waals surface area contributed by atoms with Gasteiger partial charge in [0.25, 0.3) is 0 Å². The maximum absolute atomic E-state index is 11.0. The van der Waals surface area contributed by atoms with Crippen LogP contribution in [0.4, 0.5) is 0 Å². The normalized spacial score (nSPS) is 32.2. The predicted octanol–water partition coefficient (Wildman–Crippen LogP) is 6.89. The van der Waals surface area contributed by atoms with E-state index in [2.05, 4.69) is 20.8 Å². The van der Waals surface area contributed by atoms with Gasteiger partial charge in [0, 0.05) is 5.56 Å². The maximum atomic E-state index is 11.0. The molecular formula is C25H38O2. The number of hydrogen-bond acceptors (Lipinski definition) is 2. The van der Waals surface area contributed by atoms with E-state index in [0.29, 0.717) is 29.3 Å². The lowest BCUT2D eigenvalue weighted by molar-refractivity contribution is 0.149. The van der Waals surface area contributed by atoms with Gasteiger partial charge in [-0.1, -0.05) is 46.5 Å². The van der Waals surface area contributed by atoms with E-state index >= 15 is 0 Å². The van der Waals surface area contributed by atoms with Crippen LogP contribution in [0.3, 0.4) is 0 Å². The Balaban J connectivity index is 1.57. The SMILES string of the molecule is CCCCCCC(C)(C)c1cc(O)c(C2C3CCC4CC2CC4C3)c(O)c1. The van der Waals surface area contributed by atoms with Crippen molar-refractivity contribution in [2.24, 2.45) is 23.7 Å². The second-order valence-corrected chi connectivity index (χ2v) is 10.5. The zero-order valence-corrected chi connectivity index (χ0v) is 17.5. The van der Waals surface area contributed by atoms with Crippen LogP contribution in [-0.2, 0) is 5.41 Å². The highest BCUT2D eigenvalue weighted by molar-refractivity contribution is 5.51. The average molecular weight is 371 g/mol. The van der Waals surface area contributed by atoms with Gasteiger partial charge in [0.2, 0.25) is 0 Å². The Morgan fingerprint density at radius 1 is 0.852 bits per heavy atom. The maximum Gasteiger partial charge on any atom is 0.123 e. The Bertz CT molecular complexity index is 646. The van der Waals surface area contributed by atoms with Crippen molar-refractivity contribution >= 4 is 0 Å². The summed E-state index contributed by atoms with van der Waals surface area (Å²) in [5, 5.41) is 22.0. The summed E-state index contributed by atoms with van der Waals surface area (Å²) in [5.74, 6) is 4.26. The van der Waals surface area contributed by atoms with Gasteiger partial charge in [0.15, 0.2) is 0 Å². The third-order valence-electron chi connectivity index (χ3n) is 8.31. The Morgan fingerprint density at radius 2 is 1.48 bits per heavy atom. The number of benzene rings is 1. The van der Waals surface area contributed by atoms with Crippen LogP contribution < -0.4 is 0 Å². The van der Waals surface area contributed by atoms with E-state index in [-0.39, 0.29) is 5.41 Å². The van der Waals surface area contributed by atoms with Gasteiger partial charge in [0.1, 0.15) is 11.5 Å². The third kappa shape index (κ3) is 3.49. The lowest BCUT2D eigenvalue weighted by Gasteiger charge is -2.41. The van der Waals surface area contributed by atoms with Crippen LogP contribution in [-0.4, -0.2) is 10.2 Å². The minimum absolute atomic E-state index is 0.00922. The molecule has 0 aliphatic heterocycles. The first-order valence-corrected chi connectivity index (χ1v) is 11.5. The molecule has 3 saturated carbocycles. The van der Waals surface area contributed by atoms with Crippen molar-refractivity contribution in [3.8, 4) is 11.5 Å². The Hall–Kier alpha value is -1.18. The highest BCUT2D eigenvalue weighted by atomic mass is 16.3. The molecule has 3 aliphatic carbocycles. The van der Waals surface area contributed by atoms with Crippen molar-refractivity contribution < 1.29 is 10.2 Å². The fourth-order valence-corrected chi connectivity index (χ4v) is 6.80. The first kappa shape index (κ1) is 19.2. The van der Waals surface area contributed by atoms with Crippen molar-refractivity contribution in [3.05, 3.63) is 23.3 Å². The number of unbranched alkanes of at least 4 members (excludes halogenated alkanes) is 3. The molecule has 0 aromatic heterocycles. The fraction of sp³-hybridized carbons (Fsp3) is 0.760. The summed E-state index contributed by atoms with van der Waals surface area (Å²) >= 11 is 0. The number of fused-ring (bicyclic) bond motifs is 2. The minimum atomic E-state index is -0.00922. The van der Waals surface area contributed by atoms with Crippen molar-refractivity contribution in [3.63, 3.8) is 0 Å². The van der Waals surface area contributed by atoms with E-state index in [4.69, 9.17) is 0 Å². The number of hydrogen-bond donors (Lipinski definition) is 2. The molecule has 0 radical (unpaired) electrons. The van der Waals surface area contributed by atoms with Crippen molar-refractivity contribution in [1.82, 2.24) is 0 Å². The monoisotopic (exact) mass is 370 g/mol. The summed E-state index contributed by atoms with van der Waals surface area (Å²) in [6.45, 7) is 6.73. The van der Waals surface area contributed by atoms with Gasteiger partial charge >= 0.3 is 0 Å². The van der Waals surface area contributed by atoms with Crippen LogP contribution in [0.2, 0.25) is 0 Å². The highest BCUT2D eigenvalue weighted by Gasteiger charge is 2.51. The van der Waals surface area contributed by atoms with Crippen LogP contribution in [0, 0.1) is 23.7 Å². The molecule has 2 N–H and O–H groups in total. The van der Waals surface area contributed by atoms with Gasteiger partial charge in [-0.25, -0.2) is 0 Å². The van der Waals surface area contributed by atoms with E-state index in [0.717, 1.165) is 29.4 Å². The van der Waals surface area contributed by atoms with E-state index in [1.807, 2.05) is 12.1 Å². The summed E-state index contributed by atoms with van der Waals surface area (Å²) in [7, 11) is 0. The van der Waals surface area contributed by atoms with E-state index in [1.165, 1.54) is 57.8 Å². The molecule has 0 saturated heterocycles. The molecule has 0 amide bonds. The van der Waals surface area contributed by atoms with Crippen LogP contribution in [0.15, 0.2) is 12.1 Å². The Morgan fingerprint density at radius 3 is 2.19 bits per heavy atom. The minimum Gasteiger partial charge on any atom is -0.508 e. The number of rotatable bonds is 7. The second-order valence-electron chi connectivity index (χ2n) is 10.5. The molecule has 1 aromatic rings. The Labute approximate surface area is 165 Å². The van der Waals surface area contributed by atoms with Gasteiger partial charge in [-0.3, -0.25) is 0 Å². The van der Waals surface area contributed by atoms with Gasteiger partial charge in [-0.15, -0.1) is 0 Å². The smallest absolute Gasteiger partial charge is 0.123 e. The summed E-state index contributed by atoms with van der Waals surface area (Å²) in [6, 6.07) is 3.95. The van der Waals surface area contributed by atoms with E-state index in [9.17, 15) is 10.2 Å². The van der Waals surface area contributed by atoms with Crippen molar-refractivity contribution in [1.29, 1.82) is 0 Å². The molecule has 1 aromatic carbocycles. The molecule has 0 heterocycles. The van der Waals surface area contributed by atoms with Gasteiger partial charge in [-0.2, -0.15) is 0 Å². The molecular weight excluding hydrogens is 332 g/mol. The summed E-state index contributed by atoms with van der Waals surface area (Å²) < 4.78 is 0. The fourth-order valence-electron chi connectivity index (χ4n) is 6.80. The quantitative estimate of drug-likeness (QED) is 0.513. The molecule has 3 aliphatic rings. The third-order valence-corrected chi connectivity index (χ3v) is 8.31. The zero-order chi connectivity index (χ0) is 19.2.